The van der Waals surface area contributed by atoms with Crippen LogP contribution >= 0.6 is 0 Å². The molecule has 0 aliphatic heterocycles. The molecule has 0 bridgehead atoms. The summed E-state index contributed by atoms with van der Waals surface area (Å²) < 4.78 is 4.93. The quantitative estimate of drug-likeness (QED) is 0.714. The van der Waals surface area contributed by atoms with Gasteiger partial charge in [-0.3, -0.25) is 0 Å². The average molecular weight is 349 g/mol. The maximum atomic E-state index is 10.6. The topological polar surface area (TPSA) is 60.2 Å². The molecule has 134 valence electrons. The molecule has 5 nitrogen and oxygen atoms in total. The number of phenolic OH excluding ortho intramolecular Hbond substituents is 1. The number of aromatic hydroxyl groups is 1. The third-order valence-electron chi connectivity index (χ3n) is 4.44. The second kappa shape index (κ2) is 6.34. The molecule has 1 heterocycles. The van der Waals surface area contributed by atoms with Crippen LogP contribution in [0, 0.1) is 5.41 Å². The predicted octanol–water partition coefficient (Wildman–Crippen LogP) is 4.30. The van der Waals surface area contributed by atoms with Crippen molar-refractivity contribution in [1.29, 1.82) is 0 Å². The van der Waals surface area contributed by atoms with E-state index in [0.717, 1.165) is 23.0 Å². The number of nitrogens with zero attached hydrogens (tertiary/aromatic N) is 3. The van der Waals surface area contributed by atoms with E-state index in [4.69, 9.17) is 12.7 Å². The Morgan fingerprint density at radius 1 is 1.04 bits per heavy atom. The molecule has 0 saturated heterocycles. The van der Waals surface area contributed by atoms with E-state index >= 15 is 0 Å². The number of aromatic nitrogens is 3. The van der Waals surface area contributed by atoms with Crippen LogP contribution in [0.3, 0.4) is 0 Å². The second-order valence-electron chi connectivity index (χ2n) is 8.56. The Morgan fingerprint density at radius 3 is 2.12 bits per heavy atom. The van der Waals surface area contributed by atoms with Gasteiger partial charge in [0.05, 0.1) is 0 Å². The molecular weight excluding hydrogens is 325 g/mol. The summed E-state index contributed by atoms with van der Waals surface area (Å²) in [5, 5.41) is 19.5. The Morgan fingerprint density at radius 2 is 1.62 bits per heavy atom. The molecule has 0 unspecified atom stereocenters. The highest BCUT2D eigenvalue weighted by atomic mass is 16.4. The molecule has 0 fully saturated rings. The fraction of sp³-hybridized carbons (Fsp3) is 0.400. The molecule has 0 aliphatic carbocycles. The van der Waals surface area contributed by atoms with Crippen molar-refractivity contribution in [3.05, 3.63) is 42.0 Å². The summed E-state index contributed by atoms with van der Waals surface area (Å²) >= 11 is 0. The van der Waals surface area contributed by atoms with E-state index in [0.29, 0.717) is 5.69 Å². The predicted molar refractivity (Wildman–Crippen MR) is 104 cm³/mol. The van der Waals surface area contributed by atoms with E-state index in [1.807, 2.05) is 30.3 Å². The van der Waals surface area contributed by atoms with Crippen LogP contribution in [-0.2, 0) is 5.41 Å². The summed E-state index contributed by atoms with van der Waals surface area (Å²) in [6.07, 6.45) is 0.947. The fourth-order valence-corrected chi connectivity index (χ4v) is 3.62. The van der Waals surface area contributed by atoms with E-state index in [9.17, 15) is 5.11 Å². The molecular formula is C20H24BN3O2. The summed E-state index contributed by atoms with van der Waals surface area (Å²) in [6, 6.07) is 11.3. The first-order valence-corrected chi connectivity index (χ1v) is 8.67. The maximum absolute atomic E-state index is 10.6. The Bertz CT molecular complexity index is 909. The van der Waals surface area contributed by atoms with Crippen molar-refractivity contribution in [3.63, 3.8) is 0 Å². The monoisotopic (exact) mass is 349 g/mol. The molecule has 3 aromatic rings. The zero-order chi connectivity index (χ0) is 19.1. The molecule has 0 saturated carbocycles. The molecule has 0 spiro atoms. The summed E-state index contributed by atoms with van der Waals surface area (Å²) in [5.41, 5.74) is 2.94. The lowest BCUT2D eigenvalue weighted by Crippen LogP contribution is -2.25. The van der Waals surface area contributed by atoms with Crippen LogP contribution in [0.5, 0.6) is 11.5 Å². The van der Waals surface area contributed by atoms with Crippen LogP contribution in [0.25, 0.3) is 16.7 Å². The van der Waals surface area contributed by atoms with E-state index in [2.05, 4.69) is 44.8 Å². The van der Waals surface area contributed by atoms with Gasteiger partial charge in [0.2, 0.25) is 0 Å². The minimum Gasteiger partial charge on any atom is -0.565 e. The van der Waals surface area contributed by atoms with Gasteiger partial charge in [0.15, 0.2) is 5.75 Å². The second-order valence-corrected chi connectivity index (χ2v) is 8.56. The van der Waals surface area contributed by atoms with Crippen molar-refractivity contribution in [2.75, 3.05) is 0 Å². The third-order valence-corrected chi connectivity index (χ3v) is 4.44. The smallest absolute Gasteiger partial charge is 0.374 e. The molecule has 26 heavy (non-hydrogen) atoms. The Kier molecular flexibility index (Phi) is 4.47. The minimum absolute atomic E-state index is 0.0804. The van der Waals surface area contributed by atoms with Gasteiger partial charge >= 0.3 is 8.05 Å². The van der Waals surface area contributed by atoms with E-state index in [-0.39, 0.29) is 22.3 Å². The average Bonchev–Trinajstić information content (AvgIpc) is 2.96. The van der Waals surface area contributed by atoms with E-state index in [1.54, 1.807) is 6.07 Å². The highest BCUT2D eigenvalue weighted by Gasteiger charge is 2.29. The SMILES string of the molecule is [B]Oc1cc(C(C)(C)CC(C)(C)C)cc(-n2nc3ccccc3n2)c1O. The molecule has 2 radical (unpaired) electrons. The van der Waals surface area contributed by atoms with Crippen molar-refractivity contribution in [3.8, 4) is 17.2 Å². The first-order chi connectivity index (χ1) is 12.1. The number of benzene rings is 2. The van der Waals surface area contributed by atoms with Crippen LogP contribution in [0.1, 0.15) is 46.6 Å². The molecule has 0 aliphatic rings. The number of hydrogen-bond acceptors (Lipinski definition) is 4. The molecule has 0 atom stereocenters. The van der Waals surface area contributed by atoms with Gasteiger partial charge in [0, 0.05) is 0 Å². The highest BCUT2D eigenvalue weighted by Crippen LogP contribution is 2.42. The van der Waals surface area contributed by atoms with Crippen molar-refractivity contribution in [2.45, 2.75) is 46.5 Å². The Balaban J connectivity index is 2.16. The lowest BCUT2D eigenvalue weighted by atomic mass is 9.72. The van der Waals surface area contributed by atoms with Crippen LogP contribution in [-0.4, -0.2) is 28.1 Å². The van der Waals surface area contributed by atoms with Crippen LogP contribution in [0.15, 0.2) is 36.4 Å². The minimum atomic E-state index is -0.152. The third kappa shape index (κ3) is 3.54. The Labute approximate surface area is 155 Å². The van der Waals surface area contributed by atoms with Crippen LogP contribution in [0.2, 0.25) is 0 Å². The molecule has 2 aromatic carbocycles. The van der Waals surface area contributed by atoms with Gasteiger partial charge in [-0.2, -0.15) is 0 Å². The standard InChI is InChI=1S/C20H24BN3O2/c1-19(2,3)12-20(4,5)13-10-16(18(25)17(11-13)26-21)24-22-14-8-6-7-9-15(14)23-24/h6-11,25H,12H2,1-5H3. The highest BCUT2D eigenvalue weighted by molar-refractivity contribution is 6.00. The largest absolute Gasteiger partial charge is 0.565 e. The molecule has 6 heteroatoms. The maximum Gasteiger partial charge on any atom is 0.374 e. The normalized spacial score (nSPS) is 12.5. The number of phenols is 1. The number of rotatable bonds is 4. The van der Waals surface area contributed by atoms with Gasteiger partial charge in [0.1, 0.15) is 22.5 Å². The van der Waals surface area contributed by atoms with Crippen molar-refractivity contribution < 1.29 is 9.76 Å². The molecule has 1 aromatic heterocycles. The van der Waals surface area contributed by atoms with Crippen LogP contribution < -0.4 is 4.65 Å². The fourth-order valence-electron chi connectivity index (χ4n) is 3.62. The van der Waals surface area contributed by atoms with Gasteiger partial charge in [-0.15, -0.1) is 15.0 Å². The van der Waals surface area contributed by atoms with Gasteiger partial charge in [0.25, 0.3) is 0 Å². The summed E-state index contributed by atoms with van der Waals surface area (Å²) in [7, 11) is 5.40. The van der Waals surface area contributed by atoms with Crippen molar-refractivity contribution in [2.24, 2.45) is 5.41 Å². The van der Waals surface area contributed by atoms with E-state index in [1.165, 1.54) is 4.80 Å². The number of hydrogen-bond donors (Lipinski definition) is 1. The van der Waals surface area contributed by atoms with E-state index < -0.39 is 0 Å². The lowest BCUT2D eigenvalue weighted by molar-refractivity contribution is 0.283. The number of fused-ring (bicyclic) bond motifs is 1. The van der Waals surface area contributed by atoms with Gasteiger partial charge in [-0.1, -0.05) is 46.8 Å². The zero-order valence-corrected chi connectivity index (χ0v) is 15.9. The van der Waals surface area contributed by atoms with Crippen molar-refractivity contribution >= 4 is 19.1 Å². The van der Waals surface area contributed by atoms with Crippen LogP contribution in [0.4, 0.5) is 0 Å². The van der Waals surface area contributed by atoms with Gasteiger partial charge in [-0.05, 0) is 47.1 Å². The lowest BCUT2D eigenvalue weighted by Gasteiger charge is -2.33. The molecule has 3 rings (SSSR count). The molecule has 0 amide bonds. The summed E-state index contributed by atoms with van der Waals surface area (Å²) in [4.78, 5) is 1.43. The zero-order valence-electron chi connectivity index (χ0n) is 15.9. The van der Waals surface area contributed by atoms with Crippen molar-refractivity contribution in [1.82, 2.24) is 15.0 Å². The first kappa shape index (κ1) is 18.3. The Hall–Kier alpha value is -2.50. The summed E-state index contributed by atoms with van der Waals surface area (Å²) in [6.45, 7) is 11.0. The van der Waals surface area contributed by atoms with Gasteiger partial charge in [-0.25, -0.2) is 0 Å². The summed E-state index contributed by atoms with van der Waals surface area (Å²) in [5.74, 6) is 0.129. The molecule has 1 N–H and O–H groups in total. The van der Waals surface area contributed by atoms with Gasteiger partial charge < -0.3 is 9.76 Å². The first-order valence-electron chi connectivity index (χ1n) is 8.67.